The van der Waals surface area contributed by atoms with Gasteiger partial charge in [0, 0.05) is 0 Å². The molecule has 15 heavy (non-hydrogen) atoms. The molecule has 0 aromatic carbocycles. The molecule has 3 nitrogen and oxygen atoms in total. The van der Waals surface area contributed by atoms with E-state index in [1.165, 1.54) is 0 Å². The lowest BCUT2D eigenvalue weighted by Gasteiger charge is -2.03. The van der Waals surface area contributed by atoms with Crippen LogP contribution in [-0.4, -0.2) is 36.5 Å². The molecular formula is C9H12F3NO2. The molecule has 0 aromatic rings. The first-order valence-electron chi connectivity index (χ1n) is 3.81. The highest BCUT2D eigenvalue weighted by atomic mass is 19.4. The van der Waals surface area contributed by atoms with E-state index in [2.05, 4.69) is 19.9 Å². The van der Waals surface area contributed by atoms with Gasteiger partial charge in [-0.2, -0.15) is 13.2 Å². The third kappa shape index (κ3) is 12.4. The summed E-state index contributed by atoms with van der Waals surface area (Å²) in [5.41, 5.74) is 0. The highest BCUT2D eigenvalue weighted by molar-refractivity contribution is 5.70. The van der Waals surface area contributed by atoms with Crippen molar-refractivity contribution in [1.29, 1.82) is 0 Å². The Hall–Kier alpha value is -1.59. The van der Waals surface area contributed by atoms with E-state index in [0.29, 0.717) is 0 Å². The summed E-state index contributed by atoms with van der Waals surface area (Å²) < 4.78 is 33.4. The maximum Gasteiger partial charge on any atom is 0.430 e. The molecule has 0 spiro atoms. The van der Waals surface area contributed by atoms with E-state index in [0.717, 1.165) is 13.1 Å². The van der Waals surface area contributed by atoms with Gasteiger partial charge in [-0.05, 0) is 12.2 Å². The van der Waals surface area contributed by atoms with Crippen LogP contribution in [-0.2, 0) is 4.79 Å². The summed E-state index contributed by atoms with van der Waals surface area (Å²) in [6, 6.07) is 0. The number of hydrogen-bond donors (Lipinski definition) is 0. The van der Waals surface area contributed by atoms with Gasteiger partial charge in [0.05, 0.1) is 0 Å². The van der Waals surface area contributed by atoms with Crippen molar-refractivity contribution >= 4 is 12.7 Å². The van der Waals surface area contributed by atoms with Crippen LogP contribution in [0.4, 0.5) is 13.2 Å². The van der Waals surface area contributed by atoms with E-state index in [4.69, 9.17) is 9.90 Å². The number of carboxylic acids is 1. The largest absolute Gasteiger partial charge is 0.542 e. The zero-order valence-corrected chi connectivity index (χ0v) is 8.09. The number of alkyl halides is 3. The number of aliphatic carboxylic acids is 1. The summed E-state index contributed by atoms with van der Waals surface area (Å²) in [6.45, 7) is 12.5. The van der Waals surface area contributed by atoms with Gasteiger partial charge in [-0.15, -0.1) is 0 Å². The number of hydrogen-bond acceptors (Lipinski definition) is 2. The van der Waals surface area contributed by atoms with Crippen LogP contribution >= 0.6 is 0 Å². The van der Waals surface area contributed by atoms with Crippen molar-refractivity contribution in [2.45, 2.75) is 6.18 Å². The maximum absolute atomic E-state index is 10.5. The van der Waals surface area contributed by atoms with Gasteiger partial charge in [-0.25, -0.2) is 4.58 Å². The van der Waals surface area contributed by atoms with E-state index in [1.807, 2.05) is 16.7 Å². The molecule has 0 radical (unpaired) electrons. The molecule has 0 atom stereocenters. The Labute approximate surface area is 85.8 Å². The minimum absolute atomic E-state index is 0.825. The van der Waals surface area contributed by atoms with Crippen molar-refractivity contribution in [3.8, 4) is 0 Å². The van der Waals surface area contributed by atoms with Gasteiger partial charge in [-0.3, -0.25) is 0 Å². The average Bonchev–Trinajstić information content (AvgIpc) is 2.04. The summed E-state index contributed by atoms with van der Waals surface area (Å²) in [5.74, 6) is -3.01. The number of carboxylic acid groups (broad SMARTS) is 1. The van der Waals surface area contributed by atoms with E-state index >= 15 is 0 Å². The van der Waals surface area contributed by atoms with Crippen LogP contribution in [0.5, 0.6) is 0 Å². The number of rotatable bonds is 4. The van der Waals surface area contributed by atoms with Gasteiger partial charge < -0.3 is 9.90 Å². The lowest BCUT2D eigenvalue weighted by atomic mass is 10.5. The van der Waals surface area contributed by atoms with Crippen molar-refractivity contribution in [3.63, 3.8) is 0 Å². The van der Waals surface area contributed by atoms with Crippen LogP contribution in [0.15, 0.2) is 25.3 Å². The lowest BCUT2D eigenvalue weighted by Crippen LogP contribution is -2.37. The molecule has 0 N–H and O–H groups in total. The SMILES string of the molecule is C=CC[N+](=C)CC=C.O=C([O-])C(F)(F)F. The van der Waals surface area contributed by atoms with Crippen LogP contribution in [0.3, 0.4) is 0 Å². The minimum Gasteiger partial charge on any atom is -0.542 e. The average molecular weight is 223 g/mol. The molecule has 6 heteroatoms. The van der Waals surface area contributed by atoms with Crippen molar-refractivity contribution in [3.05, 3.63) is 25.3 Å². The molecular weight excluding hydrogens is 211 g/mol. The van der Waals surface area contributed by atoms with Crippen LogP contribution in [0, 0.1) is 0 Å². The van der Waals surface area contributed by atoms with Crippen molar-refractivity contribution in [2.75, 3.05) is 13.1 Å². The van der Waals surface area contributed by atoms with Crippen LogP contribution in [0.1, 0.15) is 0 Å². The van der Waals surface area contributed by atoms with Crippen molar-refractivity contribution < 1.29 is 27.6 Å². The molecule has 86 valence electrons. The van der Waals surface area contributed by atoms with Crippen LogP contribution < -0.4 is 5.11 Å². The molecule has 0 bridgehead atoms. The minimum atomic E-state index is -5.19. The Bertz CT molecular complexity index is 234. The number of carbonyl (C=O) groups excluding carboxylic acids is 1. The van der Waals surface area contributed by atoms with Gasteiger partial charge in [0.25, 0.3) is 0 Å². The van der Waals surface area contributed by atoms with Crippen molar-refractivity contribution in [1.82, 2.24) is 0 Å². The molecule has 0 amide bonds. The third-order valence-electron chi connectivity index (χ3n) is 1.01. The van der Waals surface area contributed by atoms with Gasteiger partial charge in [0.1, 0.15) is 12.7 Å². The highest BCUT2D eigenvalue weighted by Crippen LogP contribution is 2.11. The zero-order valence-electron chi connectivity index (χ0n) is 8.09. The second-order valence-corrected chi connectivity index (χ2v) is 2.40. The fraction of sp³-hybridized carbons (Fsp3) is 0.333. The number of nitrogens with zero attached hydrogens (tertiary/aromatic N) is 1. The molecule has 0 aromatic heterocycles. The van der Waals surface area contributed by atoms with E-state index in [1.54, 1.807) is 0 Å². The molecule has 0 saturated heterocycles. The van der Waals surface area contributed by atoms with Gasteiger partial charge in [-0.1, -0.05) is 13.2 Å². The molecule has 0 aliphatic carbocycles. The molecule has 0 aliphatic heterocycles. The second kappa shape index (κ2) is 7.78. The van der Waals surface area contributed by atoms with E-state index < -0.39 is 12.1 Å². The first-order valence-corrected chi connectivity index (χ1v) is 3.81. The van der Waals surface area contributed by atoms with E-state index in [-0.39, 0.29) is 0 Å². The summed E-state index contributed by atoms with van der Waals surface area (Å²) in [4.78, 5) is 8.78. The first kappa shape index (κ1) is 15.9. The molecule has 0 rings (SSSR count). The monoisotopic (exact) mass is 223 g/mol. The Morgan fingerprint density at radius 3 is 1.67 bits per heavy atom. The second-order valence-electron chi connectivity index (χ2n) is 2.40. The Kier molecular flexibility index (Phi) is 8.23. The van der Waals surface area contributed by atoms with E-state index in [9.17, 15) is 13.2 Å². The van der Waals surface area contributed by atoms with Crippen LogP contribution in [0.2, 0.25) is 0 Å². The molecule has 0 heterocycles. The molecule has 0 aliphatic rings. The number of halogens is 3. The summed E-state index contributed by atoms with van der Waals surface area (Å²) in [7, 11) is 0. The van der Waals surface area contributed by atoms with Gasteiger partial charge >= 0.3 is 6.18 Å². The quantitative estimate of drug-likeness (QED) is 0.392. The van der Waals surface area contributed by atoms with Crippen molar-refractivity contribution in [2.24, 2.45) is 0 Å². The Morgan fingerprint density at radius 1 is 1.27 bits per heavy atom. The normalized spacial score (nSPS) is 9.53. The fourth-order valence-corrected chi connectivity index (χ4v) is 0.440. The molecule has 0 saturated carbocycles. The van der Waals surface area contributed by atoms with Crippen LogP contribution in [0.25, 0.3) is 0 Å². The standard InChI is InChI=1S/C7H12N.C2HF3O2/c1-4-6-8(3)7-5-2;3-2(4,5)1(6)7/h4-5H,1-3,6-7H2;(H,6,7)/q+1;/p-1. The highest BCUT2D eigenvalue weighted by Gasteiger charge is 2.28. The lowest BCUT2D eigenvalue weighted by molar-refractivity contribution is -0.498. The first-order chi connectivity index (χ1) is 6.75. The predicted octanol–water partition coefficient (Wildman–Crippen LogP) is 0.370. The van der Waals surface area contributed by atoms with Gasteiger partial charge in [0.2, 0.25) is 0 Å². The smallest absolute Gasteiger partial charge is 0.430 e. The third-order valence-corrected chi connectivity index (χ3v) is 1.01. The molecule has 0 fully saturated rings. The topological polar surface area (TPSA) is 43.1 Å². The van der Waals surface area contributed by atoms with Gasteiger partial charge in [0.15, 0.2) is 13.1 Å². The number of carbonyl (C=O) groups is 1. The summed E-state index contributed by atoms with van der Waals surface area (Å²) >= 11 is 0. The maximum atomic E-state index is 10.5. The summed E-state index contributed by atoms with van der Waals surface area (Å²) in [5, 5.41) is 8.78. The fourth-order valence-electron chi connectivity index (χ4n) is 0.440. The Morgan fingerprint density at radius 2 is 1.53 bits per heavy atom. The zero-order chi connectivity index (χ0) is 12.5. The predicted molar refractivity (Wildman–Crippen MR) is 48.6 cm³/mol. The molecule has 0 unspecified atom stereocenters. The Balaban J connectivity index is 0. The summed E-state index contributed by atoms with van der Waals surface area (Å²) in [6.07, 6.45) is -1.56.